The van der Waals surface area contributed by atoms with Crippen LogP contribution >= 0.6 is 0 Å². The largest absolute Gasteiger partial charge is 0.444 e. The lowest BCUT2D eigenvalue weighted by Crippen LogP contribution is -2.27. The Hall–Kier alpha value is -1.56. The van der Waals surface area contributed by atoms with Crippen LogP contribution in [0, 0.1) is 0 Å². The highest BCUT2D eigenvalue weighted by molar-refractivity contribution is 5.83. The quantitative estimate of drug-likeness (QED) is 0.771. The molecule has 102 valence electrons. The van der Waals surface area contributed by atoms with Gasteiger partial charge < -0.3 is 9.84 Å². The highest BCUT2D eigenvalue weighted by Crippen LogP contribution is 2.22. The van der Waals surface area contributed by atoms with Crippen LogP contribution in [0.5, 0.6) is 0 Å². The number of hydrogen-bond acceptors (Lipinski definition) is 4. The Labute approximate surface area is 107 Å². The van der Waals surface area contributed by atoms with Crippen LogP contribution in [0.1, 0.15) is 40.3 Å². The zero-order chi connectivity index (χ0) is 14.0. The Morgan fingerprint density at radius 2 is 2.06 bits per heavy atom. The molecule has 0 unspecified atom stereocenters. The molecule has 1 rings (SSSR count). The smallest absolute Gasteiger partial charge is 0.413 e. The highest BCUT2D eigenvalue weighted by Gasteiger charge is 2.23. The van der Waals surface area contributed by atoms with E-state index < -0.39 is 17.1 Å². The van der Waals surface area contributed by atoms with E-state index >= 15 is 0 Å². The topological polar surface area (TPSA) is 87.2 Å². The number of aliphatic hydroxyl groups is 1. The van der Waals surface area contributed by atoms with Crippen molar-refractivity contribution in [3.05, 3.63) is 11.8 Å². The maximum Gasteiger partial charge on any atom is 0.413 e. The summed E-state index contributed by atoms with van der Waals surface area (Å²) in [5, 5.41) is 18.5. The number of H-pyrrole nitrogens is 1. The molecule has 1 heterocycles. The summed E-state index contributed by atoms with van der Waals surface area (Å²) in [7, 11) is 0. The summed E-state index contributed by atoms with van der Waals surface area (Å²) < 4.78 is 5.11. The van der Waals surface area contributed by atoms with Crippen molar-refractivity contribution in [3.8, 4) is 0 Å². The van der Waals surface area contributed by atoms with Gasteiger partial charge in [-0.2, -0.15) is 5.10 Å². The molecule has 18 heavy (non-hydrogen) atoms. The molecular weight excluding hydrogens is 234 g/mol. The number of nitrogens with one attached hydrogen (secondary N) is 2. The second-order valence-corrected chi connectivity index (χ2v) is 5.84. The minimum atomic E-state index is -0.553. The molecule has 0 bridgehead atoms. The summed E-state index contributed by atoms with van der Waals surface area (Å²) in [6.45, 7) is 9.10. The minimum absolute atomic E-state index is 0.0128. The van der Waals surface area contributed by atoms with E-state index in [9.17, 15) is 9.90 Å². The van der Waals surface area contributed by atoms with E-state index in [0.717, 1.165) is 5.69 Å². The molecule has 6 nitrogen and oxygen atoms in total. The van der Waals surface area contributed by atoms with Gasteiger partial charge in [-0.3, -0.25) is 10.4 Å². The van der Waals surface area contributed by atoms with Gasteiger partial charge in [0.2, 0.25) is 0 Å². The first kappa shape index (κ1) is 14.5. The molecule has 0 saturated carbocycles. The van der Waals surface area contributed by atoms with Crippen LogP contribution in [-0.4, -0.2) is 33.6 Å². The summed E-state index contributed by atoms with van der Waals surface area (Å²) in [4.78, 5) is 11.5. The van der Waals surface area contributed by atoms with Crippen molar-refractivity contribution in [2.75, 3.05) is 11.9 Å². The van der Waals surface area contributed by atoms with Gasteiger partial charge in [0.1, 0.15) is 5.60 Å². The minimum Gasteiger partial charge on any atom is -0.444 e. The van der Waals surface area contributed by atoms with Crippen molar-refractivity contribution in [2.24, 2.45) is 0 Å². The van der Waals surface area contributed by atoms with Crippen LogP contribution in [0.25, 0.3) is 0 Å². The van der Waals surface area contributed by atoms with Crippen molar-refractivity contribution >= 4 is 11.9 Å². The van der Waals surface area contributed by atoms with Gasteiger partial charge in [-0.25, -0.2) is 4.79 Å². The number of aromatic amines is 1. The average molecular weight is 255 g/mol. The summed E-state index contributed by atoms with van der Waals surface area (Å²) in [5.74, 6) is 0.376. The second-order valence-electron chi connectivity index (χ2n) is 5.84. The van der Waals surface area contributed by atoms with E-state index in [-0.39, 0.29) is 6.61 Å². The van der Waals surface area contributed by atoms with Crippen molar-refractivity contribution in [1.29, 1.82) is 0 Å². The fourth-order valence-corrected chi connectivity index (χ4v) is 1.23. The normalized spacial score (nSPS) is 12.3. The first-order chi connectivity index (χ1) is 8.14. The van der Waals surface area contributed by atoms with Gasteiger partial charge in [0.05, 0.1) is 6.61 Å². The third kappa shape index (κ3) is 4.03. The molecule has 0 aliphatic rings. The zero-order valence-electron chi connectivity index (χ0n) is 11.5. The maximum atomic E-state index is 11.5. The SMILES string of the molecule is CC(C)(C)OC(=O)Nc1cc(C(C)(C)CO)[nH]n1. The molecule has 0 aliphatic carbocycles. The lowest BCUT2D eigenvalue weighted by molar-refractivity contribution is 0.0635. The van der Waals surface area contributed by atoms with Gasteiger partial charge in [0, 0.05) is 17.2 Å². The Morgan fingerprint density at radius 1 is 1.44 bits per heavy atom. The predicted octanol–water partition coefficient (Wildman–Crippen LogP) is 2.03. The third-order valence-electron chi connectivity index (χ3n) is 2.33. The van der Waals surface area contributed by atoms with Crippen LogP contribution in [0.2, 0.25) is 0 Å². The summed E-state index contributed by atoms with van der Waals surface area (Å²) in [6.07, 6.45) is -0.553. The molecule has 3 N–H and O–H groups in total. The first-order valence-corrected chi connectivity index (χ1v) is 5.81. The molecule has 1 aromatic heterocycles. The molecular formula is C12H21N3O3. The lowest BCUT2D eigenvalue weighted by Gasteiger charge is -2.19. The van der Waals surface area contributed by atoms with Gasteiger partial charge in [-0.15, -0.1) is 0 Å². The standard InChI is InChI=1S/C12H21N3O3/c1-11(2,3)18-10(17)13-9-6-8(14-15-9)12(4,5)7-16/h6,16H,7H2,1-5H3,(H2,13,14,15,17). The Bertz CT molecular complexity index is 418. The number of carbonyl (C=O) groups is 1. The van der Waals surface area contributed by atoms with Gasteiger partial charge in [0.25, 0.3) is 0 Å². The lowest BCUT2D eigenvalue weighted by atomic mass is 9.91. The summed E-state index contributed by atoms with van der Waals surface area (Å²) >= 11 is 0. The van der Waals surface area contributed by atoms with Crippen LogP contribution in [0.15, 0.2) is 6.07 Å². The predicted molar refractivity (Wildman–Crippen MR) is 68.6 cm³/mol. The van der Waals surface area contributed by atoms with Crippen molar-refractivity contribution in [2.45, 2.75) is 45.6 Å². The molecule has 0 spiro atoms. The van der Waals surface area contributed by atoms with Crippen LogP contribution in [0.4, 0.5) is 10.6 Å². The molecule has 0 radical (unpaired) electrons. The Morgan fingerprint density at radius 3 is 2.56 bits per heavy atom. The number of ether oxygens (including phenoxy) is 1. The molecule has 0 fully saturated rings. The van der Waals surface area contributed by atoms with Gasteiger partial charge in [-0.05, 0) is 20.8 Å². The average Bonchev–Trinajstić information content (AvgIpc) is 2.63. The molecule has 0 aliphatic heterocycles. The Kier molecular flexibility index (Phi) is 4.01. The second kappa shape index (κ2) is 4.97. The van der Waals surface area contributed by atoms with Crippen molar-refractivity contribution < 1.29 is 14.6 Å². The van der Waals surface area contributed by atoms with E-state index in [0.29, 0.717) is 5.82 Å². The van der Waals surface area contributed by atoms with E-state index in [1.807, 2.05) is 13.8 Å². The number of rotatable bonds is 3. The monoisotopic (exact) mass is 255 g/mol. The maximum absolute atomic E-state index is 11.5. The van der Waals surface area contributed by atoms with Crippen LogP contribution in [-0.2, 0) is 10.2 Å². The fraction of sp³-hybridized carbons (Fsp3) is 0.667. The summed E-state index contributed by atoms with van der Waals surface area (Å²) in [6, 6.07) is 1.68. The number of anilines is 1. The molecule has 0 atom stereocenters. The number of carbonyl (C=O) groups excluding carboxylic acids is 1. The van der Waals surface area contributed by atoms with Crippen LogP contribution < -0.4 is 5.32 Å². The van der Waals surface area contributed by atoms with Crippen molar-refractivity contribution in [1.82, 2.24) is 10.2 Å². The van der Waals surface area contributed by atoms with E-state index in [2.05, 4.69) is 15.5 Å². The molecule has 6 heteroatoms. The molecule has 1 amide bonds. The van der Waals surface area contributed by atoms with Crippen molar-refractivity contribution in [3.63, 3.8) is 0 Å². The number of aliphatic hydroxyl groups excluding tert-OH is 1. The molecule has 1 aromatic rings. The highest BCUT2D eigenvalue weighted by atomic mass is 16.6. The molecule has 0 saturated heterocycles. The number of aromatic nitrogens is 2. The van der Waals surface area contributed by atoms with E-state index in [1.165, 1.54) is 0 Å². The van der Waals surface area contributed by atoms with E-state index in [1.54, 1.807) is 26.8 Å². The zero-order valence-corrected chi connectivity index (χ0v) is 11.5. The first-order valence-electron chi connectivity index (χ1n) is 5.81. The fourth-order valence-electron chi connectivity index (χ4n) is 1.23. The van der Waals surface area contributed by atoms with Crippen LogP contribution in [0.3, 0.4) is 0 Å². The van der Waals surface area contributed by atoms with Gasteiger partial charge in [0.15, 0.2) is 5.82 Å². The summed E-state index contributed by atoms with van der Waals surface area (Å²) in [5.41, 5.74) is -0.231. The number of nitrogens with zero attached hydrogens (tertiary/aromatic N) is 1. The third-order valence-corrected chi connectivity index (χ3v) is 2.33. The Balaban J connectivity index is 2.68. The van der Waals surface area contributed by atoms with E-state index in [4.69, 9.17) is 4.74 Å². The van der Waals surface area contributed by atoms with Gasteiger partial charge in [-0.1, -0.05) is 13.8 Å². The number of hydrogen-bond donors (Lipinski definition) is 3. The molecule has 0 aromatic carbocycles. The van der Waals surface area contributed by atoms with Gasteiger partial charge >= 0.3 is 6.09 Å². The number of amides is 1.